The van der Waals surface area contributed by atoms with Gasteiger partial charge >= 0.3 is 5.97 Å². The van der Waals surface area contributed by atoms with Crippen LogP contribution in [0.5, 0.6) is 0 Å². The van der Waals surface area contributed by atoms with Crippen molar-refractivity contribution in [2.24, 2.45) is 5.41 Å². The molecular weight excluding hydrogens is 557 g/mol. The fourth-order valence-corrected chi connectivity index (χ4v) is 3.90. The van der Waals surface area contributed by atoms with E-state index < -0.39 is 58.3 Å². The molecule has 208 valence electrons. The Bertz CT molecular complexity index is 1040. The summed E-state index contributed by atoms with van der Waals surface area (Å²) < 4.78 is 22.0. The number of carbonyl (C=O) groups excluding carboxylic acids is 2. The molecular formula is C27H32Cl3NO7. The summed E-state index contributed by atoms with van der Waals surface area (Å²) in [5, 5.41) is 12.7. The molecule has 0 bridgehead atoms. The van der Waals surface area contributed by atoms with Gasteiger partial charge in [-0.3, -0.25) is 9.59 Å². The van der Waals surface area contributed by atoms with Gasteiger partial charge in [0.25, 0.3) is 9.70 Å². The molecule has 0 spiro atoms. The van der Waals surface area contributed by atoms with Crippen molar-refractivity contribution < 1.29 is 33.6 Å². The van der Waals surface area contributed by atoms with Crippen LogP contribution in [0.15, 0.2) is 60.7 Å². The average molecular weight is 589 g/mol. The van der Waals surface area contributed by atoms with E-state index in [1.165, 1.54) is 0 Å². The maximum Gasteiger partial charge on any atom is 0.311 e. The van der Waals surface area contributed by atoms with E-state index in [1.807, 2.05) is 60.7 Å². The van der Waals surface area contributed by atoms with E-state index in [2.05, 4.69) is 5.32 Å². The van der Waals surface area contributed by atoms with Gasteiger partial charge in [-0.1, -0.05) is 95.5 Å². The Morgan fingerprint density at radius 2 is 1.37 bits per heavy atom. The van der Waals surface area contributed by atoms with Crippen LogP contribution < -0.4 is 5.32 Å². The van der Waals surface area contributed by atoms with E-state index in [0.717, 1.165) is 11.1 Å². The summed E-state index contributed by atoms with van der Waals surface area (Å²) >= 11 is 17.4. The smallest absolute Gasteiger partial charge is 0.311 e. The maximum absolute atomic E-state index is 12.9. The zero-order valence-corrected chi connectivity index (χ0v) is 23.6. The molecule has 11 heteroatoms. The molecule has 3 rings (SSSR count). The first-order valence-electron chi connectivity index (χ1n) is 12.1. The van der Waals surface area contributed by atoms with Crippen molar-refractivity contribution >= 4 is 46.7 Å². The Hall–Kier alpha value is -1.91. The van der Waals surface area contributed by atoms with Crippen LogP contribution >= 0.6 is 34.8 Å². The number of carbonyl (C=O) groups is 2. The number of amides is 1. The van der Waals surface area contributed by atoms with Crippen LogP contribution in [0.2, 0.25) is 0 Å². The highest BCUT2D eigenvalue weighted by Gasteiger charge is 2.51. The fraction of sp³-hybridized carbons (Fsp3) is 0.481. The first kappa shape index (κ1) is 30.6. The minimum absolute atomic E-state index is 0.115. The van der Waals surface area contributed by atoms with Crippen LogP contribution in [-0.4, -0.2) is 58.0 Å². The highest BCUT2D eigenvalue weighted by molar-refractivity contribution is 6.76. The highest BCUT2D eigenvalue weighted by atomic mass is 35.6. The van der Waals surface area contributed by atoms with Gasteiger partial charge in [-0.2, -0.15) is 0 Å². The number of hydrogen-bond donors (Lipinski definition) is 2. The number of halogens is 3. The van der Waals surface area contributed by atoms with Gasteiger partial charge in [0.2, 0.25) is 0 Å². The molecule has 38 heavy (non-hydrogen) atoms. The number of aliphatic hydroxyl groups excluding tert-OH is 1. The first-order chi connectivity index (χ1) is 17.9. The summed E-state index contributed by atoms with van der Waals surface area (Å²) in [6, 6.07) is 18.7. The van der Waals surface area contributed by atoms with Gasteiger partial charge in [0, 0.05) is 0 Å². The predicted octanol–water partition coefficient (Wildman–Crippen LogP) is 4.32. The van der Waals surface area contributed by atoms with Crippen LogP contribution in [0.25, 0.3) is 0 Å². The fourth-order valence-electron chi connectivity index (χ4n) is 3.74. The summed E-state index contributed by atoms with van der Waals surface area (Å²) in [4.78, 5) is 25.5. The lowest BCUT2D eigenvalue weighted by atomic mass is 9.94. The molecule has 0 saturated carbocycles. The third kappa shape index (κ3) is 8.55. The number of hydrogen-bond acceptors (Lipinski definition) is 7. The zero-order valence-electron chi connectivity index (χ0n) is 21.3. The molecule has 0 aliphatic carbocycles. The van der Waals surface area contributed by atoms with Crippen LogP contribution in [0.4, 0.5) is 0 Å². The predicted molar refractivity (Wildman–Crippen MR) is 144 cm³/mol. The third-order valence-electron chi connectivity index (χ3n) is 5.77. The SMILES string of the molecule is CC(C)(C)C(=O)O[C@@H]1[C@H](OCc2ccccc2)[C@@H](OCc2ccccc2)[C@@H](NC(=O)C(Cl)(Cl)Cl)O[C@@H]1CO. The van der Waals surface area contributed by atoms with Crippen LogP contribution in [0.1, 0.15) is 31.9 Å². The number of rotatable bonds is 9. The van der Waals surface area contributed by atoms with Crippen LogP contribution in [0, 0.1) is 5.41 Å². The summed E-state index contributed by atoms with van der Waals surface area (Å²) in [6.45, 7) is 4.83. The first-order valence-corrected chi connectivity index (χ1v) is 13.2. The van der Waals surface area contributed by atoms with Gasteiger partial charge in [0.15, 0.2) is 12.3 Å². The summed E-state index contributed by atoms with van der Waals surface area (Å²) in [7, 11) is 0. The Morgan fingerprint density at radius 3 is 1.82 bits per heavy atom. The molecule has 8 nitrogen and oxygen atoms in total. The van der Waals surface area contributed by atoms with Crippen molar-refractivity contribution in [2.75, 3.05) is 6.61 Å². The second kappa shape index (κ2) is 13.4. The molecule has 1 amide bonds. The zero-order chi connectivity index (χ0) is 27.9. The number of alkyl halides is 3. The molecule has 0 radical (unpaired) electrons. The molecule has 1 heterocycles. The summed E-state index contributed by atoms with van der Waals surface area (Å²) in [5.74, 6) is -1.48. The quantitative estimate of drug-likeness (QED) is 0.332. The van der Waals surface area contributed by atoms with Crippen LogP contribution in [-0.2, 0) is 41.8 Å². The second-order valence-electron chi connectivity index (χ2n) is 9.89. The Balaban J connectivity index is 1.98. The molecule has 0 unspecified atom stereocenters. The summed E-state index contributed by atoms with van der Waals surface area (Å²) in [5.41, 5.74) is 0.850. The number of nitrogens with one attached hydrogen (secondary N) is 1. The molecule has 2 N–H and O–H groups in total. The van der Waals surface area contributed by atoms with E-state index in [4.69, 9.17) is 53.8 Å². The van der Waals surface area contributed by atoms with Crippen molar-refractivity contribution in [3.05, 3.63) is 71.8 Å². The Kier molecular flexibility index (Phi) is 10.8. The Labute approximate surface area is 237 Å². The van der Waals surface area contributed by atoms with E-state index in [0.29, 0.717) is 0 Å². The molecule has 1 saturated heterocycles. The van der Waals surface area contributed by atoms with Crippen molar-refractivity contribution in [3.8, 4) is 0 Å². The third-order valence-corrected chi connectivity index (χ3v) is 6.29. The molecule has 1 aliphatic heterocycles. The number of aliphatic hydroxyl groups is 1. The van der Waals surface area contributed by atoms with Crippen molar-refractivity contribution in [1.82, 2.24) is 5.32 Å². The van der Waals surface area contributed by atoms with Crippen LogP contribution in [0.3, 0.4) is 0 Å². The second-order valence-corrected chi connectivity index (χ2v) is 12.2. The average Bonchev–Trinajstić information content (AvgIpc) is 2.87. The number of ether oxygens (including phenoxy) is 4. The molecule has 2 aromatic rings. The highest BCUT2D eigenvalue weighted by Crippen LogP contribution is 2.32. The molecule has 0 aromatic heterocycles. The molecule has 5 atom stereocenters. The monoisotopic (exact) mass is 587 g/mol. The summed E-state index contributed by atoms with van der Waals surface area (Å²) in [6.07, 6.45) is -5.34. The minimum Gasteiger partial charge on any atom is -0.456 e. The number of benzene rings is 2. The van der Waals surface area contributed by atoms with Crippen molar-refractivity contribution in [2.45, 2.75) is 68.4 Å². The van der Waals surface area contributed by atoms with E-state index in [1.54, 1.807) is 20.8 Å². The van der Waals surface area contributed by atoms with Crippen molar-refractivity contribution in [3.63, 3.8) is 0 Å². The van der Waals surface area contributed by atoms with Gasteiger partial charge in [-0.15, -0.1) is 0 Å². The van der Waals surface area contributed by atoms with Crippen molar-refractivity contribution in [1.29, 1.82) is 0 Å². The van der Waals surface area contributed by atoms with Gasteiger partial charge in [0.1, 0.15) is 18.3 Å². The van der Waals surface area contributed by atoms with Gasteiger partial charge in [-0.25, -0.2) is 0 Å². The van der Waals surface area contributed by atoms with Gasteiger partial charge < -0.3 is 29.4 Å². The Morgan fingerprint density at radius 1 is 0.868 bits per heavy atom. The topological polar surface area (TPSA) is 103 Å². The molecule has 2 aromatic carbocycles. The normalized spacial score (nSPS) is 24.0. The maximum atomic E-state index is 12.9. The lowest BCUT2D eigenvalue weighted by Gasteiger charge is -2.46. The standard InChI is InChI=1S/C27H32Cl3NO7/c1-26(2,3)25(34)38-20-19(14-32)37-23(31-24(33)27(28,29)30)22(36-16-18-12-8-5-9-13-18)21(20)35-15-17-10-6-4-7-11-17/h4-13,19-23,32H,14-16H2,1-3H3,(H,31,33)/t19-,20+,21+,22-,23+/m1/s1. The number of esters is 1. The van der Waals surface area contributed by atoms with E-state index >= 15 is 0 Å². The van der Waals surface area contributed by atoms with E-state index in [-0.39, 0.29) is 13.2 Å². The lowest BCUT2D eigenvalue weighted by Crippen LogP contribution is -2.66. The molecule has 1 fully saturated rings. The van der Waals surface area contributed by atoms with Gasteiger partial charge in [0.05, 0.1) is 25.2 Å². The lowest BCUT2D eigenvalue weighted by molar-refractivity contribution is -0.270. The largest absolute Gasteiger partial charge is 0.456 e. The molecule has 1 aliphatic rings. The van der Waals surface area contributed by atoms with E-state index in [9.17, 15) is 14.7 Å². The van der Waals surface area contributed by atoms with Gasteiger partial charge in [-0.05, 0) is 31.9 Å². The minimum atomic E-state index is -2.28.